The zero-order valence-electron chi connectivity index (χ0n) is 69.6. The average molecular weight is 1660 g/mol. The molecule has 31 heteroatoms. The number of amidine groups is 3. The quantitative estimate of drug-likeness (QED) is 0.0217. The number of nitrogens with one attached hydrogen (secondary N) is 6. The normalized spacial score (nSPS) is 14.6. The number of hydrogen-bond acceptors (Lipinski definition) is 21. The van der Waals surface area contributed by atoms with E-state index >= 15 is 4.39 Å². The highest BCUT2D eigenvalue weighted by Crippen LogP contribution is 2.35. The summed E-state index contributed by atoms with van der Waals surface area (Å²) >= 11 is 0. The molecule has 0 radical (unpaired) electrons. The number of amides is 7. The van der Waals surface area contributed by atoms with Crippen molar-refractivity contribution in [3.8, 4) is 0 Å². The van der Waals surface area contributed by atoms with Crippen molar-refractivity contribution in [3.05, 3.63) is 210 Å². The number of fused-ring (bicyclic) bond motifs is 6. The van der Waals surface area contributed by atoms with Crippen molar-refractivity contribution in [1.82, 2.24) is 50.5 Å². The molecule has 4 aromatic carbocycles. The van der Waals surface area contributed by atoms with Crippen LogP contribution >= 0.6 is 0 Å². The van der Waals surface area contributed by atoms with Gasteiger partial charge < -0.3 is 74.6 Å². The van der Waals surface area contributed by atoms with Crippen LogP contribution in [0.1, 0.15) is 202 Å². The van der Waals surface area contributed by atoms with E-state index in [0.717, 1.165) is 122 Å². The van der Waals surface area contributed by atoms with Gasteiger partial charge in [-0.1, -0.05) is 59.7 Å². The van der Waals surface area contributed by atoms with Crippen molar-refractivity contribution >= 4 is 111 Å². The van der Waals surface area contributed by atoms with Crippen LogP contribution in [0.2, 0.25) is 0 Å². The van der Waals surface area contributed by atoms with Gasteiger partial charge in [0.15, 0.2) is 0 Å². The highest BCUT2D eigenvalue weighted by Gasteiger charge is 2.31. The number of pyridine rings is 3. The van der Waals surface area contributed by atoms with Crippen molar-refractivity contribution < 1.29 is 51.8 Å². The molecule has 0 atom stereocenters. The number of nitrogens with zero attached hydrogens (tertiary/aromatic N) is 10. The molecule has 121 heavy (non-hydrogen) atoms. The molecule has 7 aromatic rings. The number of rotatable bonds is 28. The number of carbonyl (C=O) groups is 7. The summed E-state index contributed by atoms with van der Waals surface area (Å²) in [6.45, 7) is 19.3. The number of nitrogens with two attached hydrogens (primary N) is 4. The lowest BCUT2D eigenvalue weighted by Crippen LogP contribution is -2.41. The molecule has 28 nitrogen and oxygen atoms in total. The highest BCUT2D eigenvalue weighted by molar-refractivity contribution is 6.11. The molecular formula is C90H109F3N20O8. The number of halogens is 3. The summed E-state index contributed by atoms with van der Waals surface area (Å²) in [6.07, 6.45) is 18.3. The number of benzene rings is 4. The summed E-state index contributed by atoms with van der Waals surface area (Å²) in [6, 6.07) is 23.6. The van der Waals surface area contributed by atoms with Crippen LogP contribution in [0.15, 0.2) is 135 Å². The molecule has 638 valence electrons. The van der Waals surface area contributed by atoms with Crippen LogP contribution in [-0.4, -0.2) is 176 Å². The van der Waals surface area contributed by atoms with Crippen molar-refractivity contribution in [3.63, 3.8) is 0 Å². The lowest BCUT2D eigenvalue weighted by molar-refractivity contribution is -0.128. The summed E-state index contributed by atoms with van der Waals surface area (Å²) in [5.41, 5.74) is 38.2. The molecule has 13 rings (SSSR count). The topological polar surface area (TPSA) is 405 Å². The van der Waals surface area contributed by atoms with Gasteiger partial charge in [0.25, 0.3) is 29.6 Å². The summed E-state index contributed by atoms with van der Waals surface area (Å²) in [5.74, 6) is -5.14. The fourth-order valence-corrected chi connectivity index (χ4v) is 15.1. The highest BCUT2D eigenvalue weighted by atomic mass is 19.3. The Labute approximate surface area is 703 Å². The van der Waals surface area contributed by atoms with Crippen LogP contribution in [0.3, 0.4) is 0 Å². The monoisotopic (exact) mass is 1650 g/mol. The molecule has 0 saturated carbocycles. The SMILES string of the molecule is CCCN(CCC)C(=O)C1=Cc2cc(CO)c(C(=O)Nc3cnc4c(c3)CNCC4)cc2N=C(N)C1.CCCN(CCC)C(=O)C1=Cc2cc(F)c(C(=O)Nc3cnc4c(c3)CNCC4)cc2N=C(N)C1.CCCN(CCC)C(=O)C1=Cc2ccc(C(=O)Nc3cnc4c(c3)CN(Cc3ccc(C(=O)NCC(F)(F)CN)cc3)CC4)cc2N=C(N)C1. The number of alkyl halides is 2. The zero-order chi connectivity index (χ0) is 86.4. The third-order valence-electron chi connectivity index (χ3n) is 21.0. The van der Waals surface area contributed by atoms with E-state index in [1.807, 2.05) is 75.6 Å². The Morgan fingerprint density at radius 3 is 1.40 bits per heavy atom. The third kappa shape index (κ3) is 23.7. The summed E-state index contributed by atoms with van der Waals surface area (Å²) < 4.78 is 41.9. The summed E-state index contributed by atoms with van der Waals surface area (Å²) in [5, 5.41) is 27.4. The molecule has 0 unspecified atom stereocenters. The largest absolute Gasteiger partial charge is 0.392 e. The second kappa shape index (κ2) is 42.2. The summed E-state index contributed by atoms with van der Waals surface area (Å²) in [7, 11) is 0. The Kier molecular flexibility index (Phi) is 31.2. The van der Waals surface area contributed by atoms with Crippen molar-refractivity contribution in [1.29, 1.82) is 0 Å². The van der Waals surface area contributed by atoms with Gasteiger partial charge in [-0.05, 0) is 151 Å². The standard InChI is InChI=1S/C37H44F2N8O3.C27H34N6O3.C26H31FN6O2/c1-3-12-47(13-4-2)36(50)28-15-26-9-10-27(17-32(26)45-33(41)18-28)35(49)44-30-16-29-21-46(14-11-31(29)42-19-30)20-24-5-7-25(8-6-24)34(48)43-23-37(38,39)22-40;1-3-7-33(8-4-2)27(36)18-9-17-10-20(16-34)22(13-24(17)32-25(28)12-18)26(35)31-21-11-19-14-29-6-5-23(19)30-15-21;1-3-7-33(8-4-2)26(35)17-9-16-11-21(27)20(13-23(16)32-24(28)12-17)25(34)31-19-10-18-14-29-6-5-22(18)30-15-19/h5-10,15-17,19H,3-4,11-14,18,20-23,40H2,1-2H3,(H2,41,45)(H,43,48)(H,44,49);9-11,13,15,29,34H,3-8,12,14,16H2,1-2H3,(H2,28,32)(H,31,35);9-11,13,15,29H,3-8,12,14H2,1-2H3,(H2,28,32)(H,31,34). The second-order valence-corrected chi connectivity index (χ2v) is 30.7. The van der Waals surface area contributed by atoms with Crippen LogP contribution in [0.25, 0.3) is 18.2 Å². The zero-order valence-corrected chi connectivity index (χ0v) is 69.6. The molecular weight excluding hydrogens is 1550 g/mol. The molecule has 6 aliphatic heterocycles. The van der Waals surface area contributed by atoms with Crippen molar-refractivity contribution in [2.75, 3.05) is 87.9 Å². The Balaban J connectivity index is 0.000000181. The Bertz CT molecular complexity index is 5200. The molecule has 0 spiro atoms. The minimum Gasteiger partial charge on any atom is -0.392 e. The minimum atomic E-state index is -3.15. The van der Waals surface area contributed by atoms with Gasteiger partial charge in [-0.3, -0.25) is 53.4 Å². The molecule has 7 amide bonds. The number of aliphatic hydroxyl groups is 1. The number of aliphatic imine (C=N–C) groups is 3. The third-order valence-corrected chi connectivity index (χ3v) is 21.0. The van der Waals surface area contributed by atoms with E-state index in [-0.39, 0.29) is 72.4 Å². The number of aliphatic hydroxyl groups excluding tert-OH is 1. The molecule has 3 aromatic heterocycles. The van der Waals surface area contributed by atoms with Gasteiger partial charge in [-0.2, -0.15) is 0 Å². The van der Waals surface area contributed by atoms with Crippen molar-refractivity contribution in [2.24, 2.45) is 37.9 Å². The maximum atomic E-state index is 15.1. The first kappa shape index (κ1) is 89.6. The summed E-state index contributed by atoms with van der Waals surface area (Å²) in [4.78, 5) is 126. The Morgan fingerprint density at radius 1 is 0.504 bits per heavy atom. The smallest absolute Gasteiger partial charge is 0.277 e. The predicted octanol–water partition coefficient (Wildman–Crippen LogP) is 11.1. The minimum absolute atomic E-state index is 0.0478. The van der Waals surface area contributed by atoms with Gasteiger partial charge in [0, 0.05) is 191 Å². The van der Waals surface area contributed by atoms with Crippen LogP contribution in [0, 0.1) is 5.82 Å². The predicted molar refractivity (Wildman–Crippen MR) is 466 cm³/mol. The maximum absolute atomic E-state index is 15.1. The van der Waals surface area contributed by atoms with Gasteiger partial charge in [-0.15, -0.1) is 0 Å². The molecule has 15 N–H and O–H groups in total. The van der Waals surface area contributed by atoms with Crippen LogP contribution in [0.5, 0.6) is 0 Å². The Hall–Kier alpha value is -12.2. The van der Waals surface area contributed by atoms with Crippen LogP contribution in [-0.2, 0) is 66.4 Å². The second-order valence-electron chi connectivity index (χ2n) is 30.7. The lowest BCUT2D eigenvalue weighted by Gasteiger charge is -2.28. The first-order valence-electron chi connectivity index (χ1n) is 41.5. The molecule has 9 heterocycles. The molecule has 0 bridgehead atoms. The number of aromatic nitrogens is 3. The van der Waals surface area contributed by atoms with Crippen molar-refractivity contribution in [2.45, 2.75) is 157 Å². The first-order valence-corrected chi connectivity index (χ1v) is 41.5. The van der Waals surface area contributed by atoms with E-state index < -0.39 is 36.6 Å². The first-order chi connectivity index (χ1) is 58.3. The maximum Gasteiger partial charge on any atom is 0.277 e. The molecule has 0 aliphatic carbocycles. The van der Waals surface area contributed by atoms with E-state index in [0.29, 0.717) is 156 Å². The number of anilines is 3. The van der Waals surface area contributed by atoms with Gasteiger partial charge in [0.2, 0.25) is 17.7 Å². The van der Waals surface area contributed by atoms with Gasteiger partial charge in [-0.25, -0.2) is 28.1 Å². The average Bonchev–Trinajstić information content (AvgIpc) is 1.76. The van der Waals surface area contributed by atoms with Crippen LogP contribution < -0.4 is 54.8 Å². The number of hydrogen-bond donors (Lipinski definition) is 11. The van der Waals surface area contributed by atoms with Gasteiger partial charge >= 0.3 is 0 Å². The van der Waals surface area contributed by atoms with E-state index in [1.54, 1.807) is 90.2 Å². The Morgan fingerprint density at radius 2 is 0.926 bits per heavy atom. The molecule has 6 aliphatic rings. The lowest BCUT2D eigenvalue weighted by atomic mass is 9.99. The fourth-order valence-electron chi connectivity index (χ4n) is 15.1. The molecule has 0 fully saturated rings. The van der Waals surface area contributed by atoms with E-state index in [4.69, 9.17) is 22.9 Å². The molecule has 0 saturated heterocycles. The van der Waals surface area contributed by atoms with Gasteiger partial charge in [0.1, 0.15) is 23.3 Å². The van der Waals surface area contributed by atoms with Gasteiger partial charge in [0.05, 0.1) is 78.0 Å². The van der Waals surface area contributed by atoms with E-state index in [9.17, 15) is 47.4 Å². The fraction of sp³-hybridized carbons (Fsp3) is 0.389. The van der Waals surface area contributed by atoms with Crippen LogP contribution in [0.4, 0.5) is 47.3 Å². The number of carbonyl (C=O) groups excluding carboxylic acids is 7. The van der Waals surface area contributed by atoms with E-state index in [1.165, 1.54) is 12.1 Å². The van der Waals surface area contributed by atoms with E-state index in [2.05, 4.69) is 66.7 Å².